The van der Waals surface area contributed by atoms with Crippen LogP contribution in [0.15, 0.2) is 48.7 Å². The lowest BCUT2D eigenvalue weighted by molar-refractivity contribution is 0.247. The highest BCUT2D eigenvalue weighted by Gasteiger charge is 2.27. The molecule has 0 N–H and O–H groups in total. The van der Waals surface area contributed by atoms with Crippen LogP contribution in [0.3, 0.4) is 0 Å². The van der Waals surface area contributed by atoms with E-state index in [0.29, 0.717) is 6.04 Å². The summed E-state index contributed by atoms with van der Waals surface area (Å²) >= 11 is 0. The van der Waals surface area contributed by atoms with E-state index in [0.717, 1.165) is 48.9 Å². The maximum absolute atomic E-state index is 5.74. The van der Waals surface area contributed by atoms with Crippen LogP contribution in [0.25, 0.3) is 11.1 Å². The summed E-state index contributed by atoms with van der Waals surface area (Å²) in [6.45, 7) is 6.97. The molecule has 29 heavy (non-hydrogen) atoms. The molecular weight excluding hydrogens is 358 g/mol. The molecule has 5 rings (SSSR count). The first-order chi connectivity index (χ1) is 14.2. The van der Waals surface area contributed by atoms with Crippen molar-refractivity contribution in [3.63, 3.8) is 0 Å². The second kappa shape index (κ2) is 7.60. The highest BCUT2D eigenvalue weighted by molar-refractivity contribution is 5.64. The third-order valence-electron chi connectivity index (χ3n) is 6.05. The zero-order valence-corrected chi connectivity index (χ0v) is 17.2. The fourth-order valence-corrected chi connectivity index (χ4v) is 4.67. The van der Waals surface area contributed by atoms with E-state index >= 15 is 0 Å². The Morgan fingerprint density at radius 3 is 2.62 bits per heavy atom. The molecule has 0 radical (unpaired) electrons. The Balaban J connectivity index is 1.33. The van der Waals surface area contributed by atoms with Crippen molar-refractivity contribution in [2.45, 2.75) is 45.7 Å². The summed E-state index contributed by atoms with van der Waals surface area (Å²) in [5, 5.41) is 0. The van der Waals surface area contributed by atoms with Crippen LogP contribution in [0.1, 0.15) is 47.1 Å². The molecule has 2 aliphatic rings. The Kier molecular flexibility index (Phi) is 4.80. The smallest absolute Gasteiger partial charge is 0.141 e. The second-order valence-corrected chi connectivity index (χ2v) is 8.28. The number of pyridine rings is 2. The molecule has 4 heteroatoms. The Morgan fingerprint density at radius 2 is 1.83 bits per heavy atom. The highest BCUT2D eigenvalue weighted by Crippen LogP contribution is 2.36. The van der Waals surface area contributed by atoms with E-state index in [9.17, 15) is 0 Å². The van der Waals surface area contributed by atoms with Crippen LogP contribution >= 0.6 is 0 Å². The van der Waals surface area contributed by atoms with E-state index < -0.39 is 0 Å². The summed E-state index contributed by atoms with van der Waals surface area (Å²) in [7, 11) is 0. The lowest BCUT2D eigenvalue weighted by Gasteiger charge is -2.25. The molecule has 2 aromatic heterocycles. The normalized spacial score (nSPS) is 18.6. The topological polar surface area (TPSA) is 38.2 Å². The number of aryl methyl sites for hydroxylation is 2. The van der Waals surface area contributed by atoms with Gasteiger partial charge in [-0.15, -0.1) is 0 Å². The first kappa shape index (κ1) is 18.3. The summed E-state index contributed by atoms with van der Waals surface area (Å²) < 4.78 is 5.74. The van der Waals surface area contributed by atoms with Gasteiger partial charge in [0.2, 0.25) is 0 Å². The van der Waals surface area contributed by atoms with E-state index in [-0.39, 0.29) is 0 Å². The van der Waals surface area contributed by atoms with Crippen LogP contribution in [-0.2, 0) is 13.0 Å². The number of aromatic nitrogens is 2. The summed E-state index contributed by atoms with van der Waals surface area (Å²) in [6.07, 6.45) is 5.42. The maximum Gasteiger partial charge on any atom is 0.141 e. The molecule has 4 heterocycles. The van der Waals surface area contributed by atoms with Crippen LogP contribution in [0, 0.1) is 13.8 Å². The number of hydrogen-bond donors (Lipinski definition) is 0. The molecule has 148 valence electrons. The van der Waals surface area contributed by atoms with Gasteiger partial charge in [0.1, 0.15) is 5.75 Å². The van der Waals surface area contributed by atoms with Crippen LogP contribution in [0.2, 0.25) is 0 Å². The largest absolute Gasteiger partial charge is 0.491 e. The van der Waals surface area contributed by atoms with E-state index in [1.165, 1.54) is 35.1 Å². The van der Waals surface area contributed by atoms with E-state index in [1.54, 1.807) is 0 Å². The predicted molar refractivity (Wildman–Crippen MR) is 115 cm³/mol. The lowest BCUT2D eigenvalue weighted by Crippen LogP contribution is -2.22. The minimum Gasteiger partial charge on any atom is -0.491 e. The van der Waals surface area contributed by atoms with Gasteiger partial charge in [-0.05, 0) is 73.7 Å². The van der Waals surface area contributed by atoms with Gasteiger partial charge in [0.15, 0.2) is 0 Å². The zero-order valence-electron chi connectivity index (χ0n) is 17.2. The number of nitrogens with zero attached hydrogens (tertiary/aromatic N) is 3. The monoisotopic (exact) mass is 385 g/mol. The minimum absolute atomic E-state index is 0.433. The van der Waals surface area contributed by atoms with E-state index in [1.807, 2.05) is 0 Å². The zero-order chi connectivity index (χ0) is 19.8. The molecule has 2 aliphatic heterocycles. The van der Waals surface area contributed by atoms with E-state index in [2.05, 4.69) is 77.4 Å². The lowest BCUT2D eigenvalue weighted by atomic mass is 10.0. The molecule has 1 fully saturated rings. The number of likely N-dealkylation sites (tertiary alicyclic amines) is 1. The Morgan fingerprint density at radius 1 is 1.03 bits per heavy atom. The molecule has 4 nitrogen and oxygen atoms in total. The molecule has 0 bridgehead atoms. The van der Waals surface area contributed by atoms with Gasteiger partial charge in [-0.1, -0.05) is 24.3 Å². The van der Waals surface area contributed by atoms with Crippen LogP contribution < -0.4 is 4.74 Å². The van der Waals surface area contributed by atoms with Crippen molar-refractivity contribution in [2.24, 2.45) is 0 Å². The van der Waals surface area contributed by atoms with Gasteiger partial charge in [-0.2, -0.15) is 0 Å². The number of fused-ring (bicyclic) bond motifs is 1. The van der Waals surface area contributed by atoms with Gasteiger partial charge in [-0.3, -0.25) is 14.9 Å². The standard InChI is InChI=1S/C25H27N3O/c1-17-12-21(13-18(2)27-17)20-7-5-19(6-8-20)16-28-10-3-4-24(28)22-14-25-23(26-15-22)9-11-29-25/h5-8,12-15,24H,3-4,9-11,16H2,1-2H3/t24-/m0/s1. The maximum atomic E-state index is 5.74. The summed E-state index contributed by atoms with van der Waals surface area (Å²) in [5.74, 6) is 0.988. The van der Waals surface area contributed by atoms with Crippen molar-refractivity contribution in [1.29, 1.82) is 0 Å². The SMILES string of the molecule is Cc1cc(-c2ccc(CN3CCC[C@H]3c3cnc4c(c3)OCC4)cc2)cc(C)n1. The van der Waals surface area contributed by atoms with Gasteiger partial charge < -0.3 is 4.74 Å². The second-order valence-electron chi connectivity index (χ2n) is 8.28. The molecule has 1 atom stereocenters. The first-order valence-electron chi connectivity index (χ1n) is 10.6. The van der Waals surface area contributed by atoms with Gasteiger partial charge in [0, 0.05) is 36.6 Å². The number of hydrogen-bond acceptors (Lipinski definition) is 4. The molecule has 0 spiro atoms. The van der Waals surface area contributed by atoms with Crippen molar-refractivity contribution in [3.8, 4) is 16.9 Å². The molecule has 0 aliphatic carbocycles. The quantitative estimate of drug-likeness (QED) is 0.631. The Hall–Kier alpha value is -2.72. The first-order valence-corrected chi connectivity index (χ1v) is 10.6. The summed E-state index contributed by atoms with van der Waals surface area (Å²) in [6, 6.07) is 16.0. The fraction of sp³-hybridized carbons (Fsp3) is 0.360. The Labute approximate surface area is 172 Å². The fourth-order valence-electron chi connectivity index (χ4n) is 4.67. The van der Waals surface area contributed by atoms with Crippen molar-refractivity contribution >= 4 is 0 Å². The molecule has 0 saturated carbocycles. The van der Waals surface area contributed by atoms with Gasteiger partial charge in [0.25, 0.3) is 0 Å². The van der Waals surface area contributed by atoms with Crippen molar-refractivity contribution in [3.05, 3.63) is 76.9 Å². The van der Waals surface area contributed by atoms with Crippen LogP contribution in [-0.4, -0.2) is 28.0 Å². The Bertz CT molecular complexity index is 1010. The van der Waals surface area contributed by atoms with Gasteiger partial charge >= 0.3 is 0 Å². The average Bonchev–Trinajstić information content (AvgIpc) is 3.36. The third kappa shape index (κ3) is 3.77. The summed E-state index contributed by atoms with van der Waals surface area (Å²) in [5.41, 5.74) is 8.38. The molecule has 0 unspecified atom stereocenters. The van der Waals surface area contributed by atoms with Crippen LogP contribution in [0.5, 0.6) is 5.75 Å². The average molecular weight is 386 g/mol. The molecule has 0 amide bonds. The van der Waals surface area contributed by atoms with Crippen molar-refractivity contribution < 1.29 is 4.74 Å². The molecule has 1 saturated heterocycles. The van der Waals surface area contributed by atoms with Crippen molar-refractivity contribution in [2.75, 3.05) is 13.2 Å². The van der Waals surface area contributed by atoms with E-state index in [4.69, 9.17) is 4.74 Å². The van der Waals surface area contributed by atoms with Crippen molar-refractivity contribution in [1.82, 2.24) is 14.9 Å². The van der Waals surface area contributed by atoms with Gasteiger partial charge in [-0.25, -0.2) is 0 Å². The highest BCUT2D eigenvalue weighted by atomic mass is 16.5. The molecular formula is C25H27N3O. The number of ether oxygens (including phenoxy) is 1. The molecule has 3 aromatic rings. The third-order valence-corrected chi connectivity index (χ3v) is 6.05. The number of benzene rings is 1. The van der Waals surface area contributed by atoms with Gasteiger partial charge in [0.05, 0.1) is 12.3 Å². The summed E-state index contributed by atoms with van der Waals surface area (Å²) in [4.78, 5) is 11.7. The number of rotatable bonds is 4. The molecule has 1 aromatic carbocycles. The predicted octanol–water partition coefficient (Wildman–Crippen LogP) is 5.03. The minimum atomic E-state index is 0.433. The van der Waals surface area contributed by atoms with Crippen LogP contribution in [0.4, 0.5) is 0 Å².